The van der Waals surface area contributed by atoms with Gasteiger partial charge in [-0.15, -0.1) is 0 Å². The highest BCUT2D eigenvalue weighted by atomic mass is 16.5. The van der Waals surface area contributed by atoms with E-state index in [1.54, 1.807) is 20.2 Å². The van der Waals surface area contributed by atoms with Crippen LogP contribution in [-0.4, -0.2) is 49.2 Å². The molecule has 0 saturated heterocycles. The van der Waals surface area contributed by atoms with Gasteiger partial charge in [0.15, 0.2) is 0 Å². The maximum atomic E-state index is 11.9. The Morgan fingerprint density at radius 3 is 2.60 bits per heavy atom. The Kier molecular flexibility index (Phi) is 5.42. The predicted molar refractivity (Wildman–Crippen MR) is 110 cm³/mol. The van der Waals surface area contributed by atoms with Crippen LogP contribution < -0.4 is 4.74 Å². The summed E-state index contributed by atoms with van der Waals surface area (Å²) in [6, 6.07) is 10.2. The lowest BCUT2D eigenvalue weighted by Crippen LogP contribution is -2.12. The van der Waals surface area contributed by atoms with Gasteiger partial charge < -0.3 is 9.47 Å². The first-order chi connectivity index (χ1) is 14.7. The van der Waals surface area contributed by atoms with E-state index < -0.39 is 5.97 Å². The van der Waals surface area contributed by atoms with Crippen LogP contribution >= 0.6 is 0 Å². The van der Waals surface area contributed by atoms with E-state index in [9.17, 15) is 4.79 Å². The van der Waals surface area contributed by atoms with E-state index in [1.807, 2.05) is 22.9 Å². The van der Waals surface area contributed by atoms with Crippen molar-refractivity contribution in [2.24, 2.45) is 0 Å². The van der Waals surface area contributed by atoms with Crippen molar-refractivity contribution >= 4 is 17.0 Å². The minimum atomic E-state index is -0.446. The predicted octanol–water partition coefficient (Wildman–Crippen LogP) is 3.20. The van der Waals surface area contributed by atoms with Gasteiger partial charge in [0.05, 0.1) is 37.7 Å². The molecular formula is C21H22N6O3. The Balaban J connectivity index is 1.78. The number of hydrogen-bond donors (Lipinski definition) is 0. The van der Waals surface area contributed by atoms with Crippen LogP contribution in [-0.2, 0) is 4.74 Å². The number of carbonyl (C=O) groups is 1. The van der Waals surface area contributed by atoms with Crippen molar-refractivity contribution in [2.75, 3.05) is 13.7 Å². The minimum Gasteiger partial charge on any atom is -0.479 e. The van der Waals surface area contributed by atoms with Gasteiger partial charge in [-0.25, -0.2) is 14.5 Å². The van der Waals surface area contributed by atoms with Gasteiger partial charge in [-0.3, -0.25) is 4.68 Å². The summed E-state index contributed by atoms with van der Waals surface area (Å²) in [6.45, 7) is 4.15. The van der Waals surface area contributed by atoms with Crippen molar-refractivity contribution in [1.29, 1.82) is 0 Å². The number of rotatable bonds is 7. The average Bonchev–Trinajstić information content (AvgIpc) is 3.43. The Morgan fingerprint density at radius 2 is 1.90 bits per heavy atom. The molecule has 30 heavy (non-hydrogen) atoms. The molecule has 1 atom stereocenters. The van der Waals surface area contributed by atoms with Crippen LogP contribution in [0, 0.1) is 0 Å². The van der Waals surface area contributed by atoms with E-state index in [-0.39, 0.29) is 12.0 Å². The first-order valence-corrected chi connectivity index (χ1v) is 9.72. The summed E-state index contributed by atoms with van der Waals surface area (Å²) in [4.78, 5) is 21.0. The molecule has 0 radical (unpaired) electrons. The molecule has 4 rings (SSSR count). The highest BCUT2D eigenvalue weighted by Crippen LogP contribution is 2.30. The SMILES string of the molecule is CCOC(=O)c1cnn(-c2nc(OC)c3c(cnn3[C@@H](CC)c3ccccc3)n2)c1. The zero-order valence-corrected chi connectivity index (χ0v) is 17.0. The lowest BCUT2D eigenvalue weighted by atomic mass is 10.0. The van der Waals surface area contributed by atoms with E-state index in [1.165, 1.54) is 17.1 Å². The molecule has 0 spiro atoms. The summed E-state index contributed by atoms with van der Waals surface area (Å²) in [5, 5.41) is 8.76. The van der Waals surface area contributed by atoms with Gasteiger partial charge in [-0.2, -0.15) is 15.2 Å². The number of esters is 1. The van der Waals surface area contributed by atoms with Gasteiger partial charge >= 0.3 is 5.97 Å². The molecule has 0 N–H and O–H groups in total. The second-order valence-electron chi connectivity index (χ2n) is 6.58. The third-order valence-corrected chi connectivity index (χ3v) is 4.76. The summed E-state index contributed by atoms with van der Waals surface area (Å²) in [6.07, 6.45) is 5.48. The van der Waals surface area contributed by atoms with E-state index >= 15 is 0 Å². The monoisotopic (exact) mass is 406 g/mol. The van der Waals surface area contributed by atoms with Gasteiger partial charge in [0.25, 0.3) is 5.95 Å². The van der Waals surface area contributed by atoms with E-state index in [0.717, 1.165) is 12.0 Å². The molecule has 0 aliphatic rings. The first kappa shape index (κ1) is 19.6. The Bertz CT molecular complexity index is 1170. The molecule has 1 aromatic carbocycles. The topological polar surface area (TPSA) is 97.0 Å². The van der Waals surface area contributed by atoms with Crippen LogP contribution in [0.25, 0.3) is 17.0 Å². The molecule has 0 saturated carbocycles. The van der Waals surface area contributed by atoms with E-state index in [0.29, 0.717) is 29.1 Å². The number of methoxy groups -OCH3 is 1. The molecule has 154 valence electrons. The quantitative estimate of drug-likeness (QED) is 0.435. The Labute approximate surface area is 173 Å². The summed E-state index contributed by atoms with van der Waals surface area (Å²) in [5.41, 5.74) is 2.79. The fourth-order valence-electron chi connectivity index (χ4n) is 3.38. The zero-order valence-electron chi connectivity index (χ0n) is 17.0. The number of fused-ring (bicyclic) bond motifs is 1. The Hall–Kier alpha value is -3.75. The number of aromatic nitrogens is 6. The van der Waals surface area contributed by atoms with Gasteiger partial charge in [-0.05, 0) is 18.9 Å². The van der Waals surface area contributed by atoms with Crippen molar-refractivity contribution in [3.63, 3.8) is 0 Å². The summed E-state index contributed by atoms with van der Waals surface area (Å²) >= 11 is 0. The molecule has 0 aliphatic carbocycles. The second kappa shape index (κ2) is 8.32. The smallest absolute Gasteiger partial charge is 0.341 e. The highest BCUT2D eigenvalue weighted by molar-refractivity contribution is 5.88. The number of ether oxygens (including phenoxy) is 2. The van der Waals surface area contributed by atoms with Gasteiger partial charge in [-0.1, -0.05) is 37.3 Å². The Morgan fingerprint density at radius 1 is 1.10 bits per heavy atom. The second-order valence-corrected chi connectivity index (χ2v) is 6.58. The number of nitrogens with zero attached hydrogens (tertiary/aromatic N) is 6. The third-order valence-electron chi connectivity index (χ3n) is 4.76. The lowest BCUT2D eigenvalue weighted by molar-refractivity contribution is 0.0526. The van der Waals surface area contributed by atoms with E-state index in [4.69, 9.17) is 9.47 Å². The van der Waals surface area contributed by atoms with Crippen LogP contribution in [0.3, 0.4) is 0 Å². The summed E-state index contributed by atoms with van der Waals surface area (Å²) in [5.74, 6) is 0.218. The molecule has 3 heterocycles. The molecule has 0 amide bonds. The molecule has 9 nitrogen and oxygen atoms in total. The standard InChI is InChI=1S/C21H22N6O3/c1-4-17(14-9-7-6-8-10-14)27-18-16(12-23-27)24-21(25-19(18)29-3)26-13-15(11-22-26)20(28)30-5-2/h6-13,17H,4-5H2,1-3H3/t17-/m0/s1. The van der Waals surface area contributed by atoms with Crippen molar-refractivity contribution in [2.45, 2.75) is 26.3 Å². The lowest BCUT2D eigenvalue weighted by Gasteiger charge is -2.18. The first-order valence-electron chi connectivity index (χ1n) is 9.72. The molecule has 0 fully saturated rings. The number of hydrogen-bond acceptors (Lipinski definition) is 7. The third kappa shape index (κ3) is 3.49. The zero-order chi connectivity index (χ0) is 21.1. The summed E-state index contributed by atoms with van der Waals surface area (Å²) in [7, 11) is 1.56. The summed E-state index contributed by atoms with van der Waals surface area (Å²) < 4.78 is 13.9. The van der Waals surface area contributed by atoms with Gasteiger partial charge in [0.1, 0.15) is 11.0 Å². The minimum absolute atomic E-state index is 0.0205. The fraction of sp³-hybridized carbons (Fsp3) is 0.286. The maximum Gasteiger partial charge on any atom is 0.341 e. The number of benzene rings is 1. The van der Waals surface area contributed by atoms with Crippen LogP contribution in [0.2, 0.25) is 0 Å². The fourth-order valence-corrected chi connectivity index (χ4v) is 3.38. The van der Waals surface area contributed by atoms with Gasteiger partial charge in [0, 0.05) is 6.20 Å². The molecule has 4 aromatic rings. The largest absolute Gasteiger partial charge is 0.479 e. The van der Waals surface area contributed by atoms with Crippen molar-refractivity contribution in [1.82, 2.24) is 29.5 Å². The van der Waals surface area contributed by atoms with Crippen molar-refractivity contribution < 1.29 is 14.3 Å². The maximum absolute atomic E-state index is 11.9. The van der Waals surface area contributed by atoms with Crippen molar-refractivity contribution in [3.05, 3.63) is 60.0 Å². The van der Waals surface area contributed by atoms with Crippen LogP contribution in [0.5, 0.6) is 5.88 Å². The molecule has 9 heteroatoms. The number of carbonyl (C=O) groups excluding carboxylic acids is 1. The van der Waals surface area contributed by atoms with E-state index in [2.05, 4.69) is 39.2 Å². The molecule has 0 unspecified atom stereocenters. The van der Waals surface area contributed by atoms with Crippen LogP contribution in [0.15, 0.2) is 48.9 Å². The van der Waals surface area contributed by atoms with Crippen LogP contribution in [0.1, 0.15) is 42.2 Å². The van der Waals surface area contributed by atoms with Gasteiger partial charge in [0.2, 0.25) is 5.88 Å². The molecule has 3 aromatic heterocycles. The van der Waals surface area contributed by atoms with Crippen LogP contribution in [0.4, 0.5) is 0 Å². The normalized spacial score (nSPS) is 12.1. The molecule has 0 bridgehead atoms. The molecular weight excluding hydrogens is 384 g/mol. The van der Waals surface area contributed by atoms with Crippen molar-refractivity contribution in [3.8, 4) is 11.8 Å². The average molecular weight is 406 g/mol. The molecule has 0 aliphatic heterocycles. The highest BCUT2D eigenvalue weighted by Gasteiger charge is 2.21.